The van der Waals surface area contributed by atoms with E-state index in [4.69, 9.17) is 0 Å². The Morgan fingerprint density at radius 2 is 1.83 bits per heavy atom. The van der Waals surface area contributed by atoms with E-state index in [2.05, 4.69) is 40.5 Å². The summed E-state index contributed by atoms with van der Waals surface area (Å²) in [4.78, 5) is 14.9. The normalized spacial score (nSPS) is 22.0. The number of benzene rings is 1. The molecule has 0 bridgehead atoms. The number of carbonyl (C=O) groups is 1. The van der Waals surface area contributed by atoms with E-state index in [9.17, 15) is 4.79 Å². The molecular weight excluding hydrogens is 320 g/mol. The van der Waals surface area contributed by atoms with Gasteiger partial charge in [-0.15, -0.1) is 12.4 Å². The molecule has 2 aliphatic rings. The zero-order valence-electron chi connectivity index (χ0n) is 14.6. The Kier molecular flexibility index (Phi) is 8.07. The number of likely N-dealkylation sites (tertiary alicyclic amines) is 1. The van der Waals surface area contributed by atoms with Gasteiger partial charge in [0.1, 0.15) is 0 Å². The quantitative estimate of drug-likeness (QED) is 0.875. The molecule has 1 aromatic carbocycles. The molecule has 2 aliphatic heterocycles. The van der Waals surface area contributed by atoms with Crippen LogP contribution in [0.25, 0.3) is 0 Å². The molecule has 1 amide bonds. The fourth-order valence-corrected chi connectivity index (χ4v) is 4.07. The summed E-state index contributed by atoms with van der Waals surface area (Å²) < 4.78 is 0. The Morgan fingerprint density at radius 1 is 1.08 bits per heavy atom. The third-order valence-electron chi connectivity index (χ3n) is 5.49. The van der Waals surface area contributed by atoms with Crippen LogP contribution in [0.3, 0.4) is 0 Å². The van der Waals surface area contributed by atoms with Crippen molar-refractivity contribution >= 4 is 18.3 Å². The van der Waals surface area contributed by atoms with E-state index in [0.29, 0.717) is 11.9 Å². The summed E-state index contributed by atoms with van der Waals surface area (Å²) in [6.07, 6.45) is 8.90. The first-order valence-electron chi connectivity index (χ1n) is 9.37. The van der Waals surface area contributed by atoms with E-state index in [-0.39, 0.29) is 12.4 Å². The number of piperidine rings is 2. The molecule has 1 unspecified atom stereocenters. The average Bonchev–Trinajstić information content (AvgIpc) is 2.62. The first kappa shape index (κ1) is 19.3. The van der Waals surface area contributed by atoms with Crippen LogP contribution in [0, 0.1) is 5.92 Å². The van der Waals surface area contributed by atoms with Crippen molar-refractivity contribution in [2.75, 3.05) is 19.6 Å². The van der Waals surface area contributed by atoms with Crippen molar-refractivity contribution in [2.24, 2.45) is 5.92 Å². The highest BCUT2D eigenvalue weighted by molar-refractivity contribution is 5.85. The molecule has 134 valence electrons. The number of rotatable bonds is 5. The molecule has 3 nitrogen and oxygen atoms in total. The Bertz CT molecular complexity index is 488. The molecule has 1 aromatic rings. The van der Waals surface area contributed by atoms with Gasteiger partial charge < -0.3 is 10.2 Å². The maximum atomic E-state index is 12.8. The summed E-state index contributed by atoms with van der Waals surface area (Å²) in [6.45, 7) is 3.21. The van der Waals surface area contributed by atoms with Crippen LogP contribution in [-0.4, -0.2) is 36.5 Å². The lowest BCUT2D eigenvalue weighted by atomic mass is 9.91. The second kappa shape index (κ2) is 10.0. The minimum Gasteiger partial charge on any atom is -0.339 e. The molecular formula is C20H31ClN2O. The third-order valence-corrected chi connectivity index (χ3v) is 5.49. The van der Waals surface area contributed by atoms with Gasteiger partial charge in [-0.25, -0.2) is 0 Å². The molecule has 2 saturated heterocycles. The van der Waals surface area contributed by atoms with Crippen LogP contribution < -0.4 is 5.32 Å². The second-order valence-electron chi connectivity index (χ2n) is 7.16. The minimum absolute atomic E-state index is 0. The number of carbonyl (C=O) groups excluding carboxylic acids is 1. The molecule has 0 aromatic heterocycles. The van der Waals surface area contributed by atoms with Crippen molar-refractivity contribution in [3.8, 4) is 0 Å². The van der Waals surface area contributed by atoms with Crippen LogP contribution in [0.2, 0.25) is 0 Å². The first-order valence-corrected chi connectivity index (χ1v) is 9.37. The smallest absolute Gasteiger partial charge is 0.222 e. The van der Waals surface area contributed by atoms with Gasteiger partial charge >= 0.3 is 0 Å². The van der Waals surface area contributed by atoms with Crippen molar-refractivity contribution in [2.45, 2.75) is 57.4 Å². The Balaban J connectivity index is 0.00000208. The highest BCUT2D eigenvalue weighted by Gasteiger charge is 2.27. The third kappa shape index (κ3) is 5.49. The van der Waals surface area contributed by atoms with Crippen molar-refractivity contribution in [1.29, 1.82) is 0 Å². The van der Waals surface area contributed by atoms with Crippen molar-refractivity contribution in [3.05, 3.63) is 35.9 Å². The van der Waals surface area contributed by atoms with Gasteiger partial charge in [0.15, 0.2) is 0 Å². The molecule has 1 atom stereocenters. The summed E-state index contributed by atoms with van der Waals surface area (Å²) in [7, 11) is 0. The van der Waals surface area contributed by atoms with E-state index in [1.165, 1.54) is 31.2 Å². The van der Waals surface area contributed by atoms with E-state index in [1.807, 2.05) is 0 Å². The summed E-state index contributed by atoms with van der Waals surface area (Å²) in [5, 5.41) is 3.40. The molecule has 2 fully saturated rings. The standard InChI is InChI=1S/C20H30N2O.ClH/c23-20(10-9-17-11-13-21-14-12-17)22-15-5-4-8-19(22)16-18-6-2-1-3-7-18;/h1-3,6-7,17,19,21H,4-5,8-16H2;1H. The van der Waals surface area contributed by atoms with Gasteiger partial charge in [0.25, 0.3) is 0 Å². The number of hydrogen-bond donors (Lipinski definition) is 1. The van der Waals surface area contributed by atoms with E-state index >= 15 is 0 Å². The molecule has 0 spiro atoms. The average molecular weight is 351 g/mol. The molecule has 3 rings (SSSR count). The van der Waals surface area contributed by atoms with Gasteiger partial charge in [0.05, 0.1) is 0 Å². The number of nitrogens with one attached hydrogen (secondary N) is 1. The summed E-state index contributed by atoms with van der Waals surface area (Å²) in [5.41, 5.74) is 1.36. The largest absolute Gasteiger partial charge is 0.339 e. The van der Waals surface area contributed by atoms with Crippen LogP contribution >= 0.6 is 12.4 Å². The molecule has 0 saturated carbocycles. The Morgan fingerprint density at radius 3 is 2.58 bits per heavy atom. The van der Waals surface area contributed by atoms with Crippen LogP contribution in [0.5, 0.6) is 0 Å². The number of nitrogens with zero attached hydrogens (tertiary/aromatic N) is 1. The maximum Gasteiger partial charge on any atom is 0.222 e. The van der Waals surface area contributed by atoms with Crippen molar-refractivity contribution in [1.82, 2.24) is 10.2 Å². The van der Waals surface area contributed by atoms with Gasteiger partial charge in [-0.05, 0) is 69.5 Å². The zero-order valence-corrected chi connectivity index (χ0v) is 15.4. The van der Waals surface area contributed by atoms with Crippen LogP contribution in [0.15, 0.2) is 30.3 Å². The minimum atomic E-state index is 0. The van der Waals surface area contributed by atoms with Gasteiger partial charge in [-0.2, -0.15) is 0 Å². The Labute approximate surface area is 152 Å². The van der Waals surface area contributed by atoms with E-state index in [1.54, 1.807) is 0 Å². The van der Waals surface area contributed by atoms with Gasteiger partial charge in [0.2, 0.25) is 5.91 Å². The van der Waals surface area contributed by atoms with Crippen LogP contribution in [0.4, 0.5) is 0 Å². The maximum absolute atomic E-state index is 12.8. The van der Waals surface area contributed by atoms with Crippen molar-refractivity contribution < 1.29 is 4.79 Å². The second-order valence-corrected chi connectivity index (χ2v) is 7.16. The Hall–Kier alpha value is -1.06. The molecule has 0 aliphatic carbocycles. The molecule has 2 heterocycles. The fraction of sp³-hybridized carbons (Fsp3) is 0.650. The highest BCUT2D eigenvalue weighted by atomic mass is 35.5. The SMILES string of the molecule is Cl.O=C(CCC1CCNCC1)N1CCCCC1Cc1ccccc1. The monoisotopic (exact) mass is 350 g/mol. The summed E-state index contributed by atoms with van der Waals surface area (Å²) in [6, 6.07) is 11.0. The lowest BCUT2D eigenvalue weighted by Crippen LogP contribution is -2.45. The molecule has 4 heteroatoms. The number of halogens is 1. The topological polar surface area (TPSA) is 32.3 Å². The van der Waals surface area contributed by atoms with E-state index < -0.39 is 0 Å². The van der Waals surface area contributed by atoms with Gasteiger partial charge in [-0.3, -0.25) is 4.79 Å². The molecule has 24 heavy (non-hydrogen) atoms. The lowest BCUT2D eigenvalue weighted by Gasteiger charge is -2.36. The fourth-order valence-electron chi connectivity index (χ4n) is 4.07. The van der Waals surface area contributed by atoms with Crippen LogP contribution in [-0.2, 0) is 11.2 Å². The van der Waals surface area contributed by atoms with Gasteiger partial charge in [0, 0.05) is 19.0 Å². The number of hydrogen-bond acceptors (Lipinski definition) is 2. The molecule has 1 N–H and O–H groups in total. The van der Waals surface area contributed by atoms with Crippen molar-refractivity contribution in [3.63, 3.8) is 0 Å². The zero-order chi connectivity index (χ0) is 15.9. The van der Waals surface area contributed by atoms with Crippen LogP contribution in [0.1, 0.15) is 50.5 Å². The molecule has 0 radical (unpaired) electrons. The summed E-state index contributed by atoms with van der Waals surface area (Å²) >= 11 is 0. The van der Waals surface area contributed by atoms with E-state index in [0.717, 1.165) is 51.2 Å². The summed E-state index contributed by atoms with van der Waals surface area (Å²) in [5.74, 6) is 1.14. The lowest BCUT2D eigenvalue weighted by molar-refractivity contribution is -0.135. The number of amides is 1. The predicted molar refractivity (Wildman–Crippen MR) is 102 cm³/mol. The predicted octanol–water partition coefficient (Wildman–Crippen LogP) is 3.81. The first-order chi connectivity index (χ1) is 11.3. The highest BCUT2D eigenvalue weighted by Crippen LogP contribution is 2.24. The van der Waals surface area contributed by atoms with Gasteiger partial charge in [-0.1, -0.05) is 30.3 Å².